The Bertz CT molecular complexity index is 1190. The Kier molecular flexibility index (Phi) is 8.10. The molecule has 4 rings (SSSR count). The van der Waals surface area contributed by atoms with E-state index in [-0.39, 0.29) is 17.6 Å². The van der Waals surface area contributed by atoms with Gasteiger partial charge >= 0.3 is 5.97 Å². The van der Waals surface area contributed by atoms with Crippen molar-refractivity contribution in [1.29, 1.82) is 0 Å². The molecule has 2 aromatic carbocycles. The minimum absolute atomic E-state index is 0.0766. The number of benzene rings is 2. The summed E-state index contributed by atoms with van der Waals surface area (Å²) in [4.78, 5) is 45.5. The molecule has 1 N–H and O–H groups in total. The molecule has 3 aromatic rings. The maximum atomic E-state index is 13.9. The summed E-state index contributed by atoms with van der Waals surface area (Å²) in [5.41, 5.74) is 2.79. The lowest BCUT2D eigenvalue weighted by Gasteiger charge is -2.33. The number of carbonyl (C=O) groups excluding carboxylic acids is 3. The quantitative estimate of drug-likeness (QED) is 0.475. The highest BCUT2D eigenvalue weighted by molar-refractivity contribution is 6.09. The average molecular weight is 486 g/mol. The number of amides is 2. The molecule has 0 radical (unpaired) electrons. The fraction of sp³-hybridized carbons (Fsp3) is 0.310. The molecule has 0 bridgehead atoms. The minimum Gasteiger partial charge on any atom is -0.465 e. The van der Waals surface area contributed by atoms with Gasteiger partial charge in [0.2, 0.25) is 5.91 Å². The first kappa shape index (κ1) is 25.1. The molecular formula is C29H31N3O4. The van der Waals surface area contributed by atoms with Crippen molar-refractivity contribution in [2.45, 2.75) is 51.1 Å². The number of nitrogens with zero attached hydrogens (tertiary/aromatic N) is 2. The molecule has 7 nitrogen and oxygen atoms in total. The molecule has 7 heteroatoms. The summed E-state index contributed by atoms with van der Waals surface area (Å²) in [5.74, 6) is -1.13. The Morgan fingerprint density at radius 3 is 2.25 bits per heavy atom. The topological polar surface area (TPSA) is 88.6 Å². The van der Waals surface area contributed by atoms with Crippen molar-refractivity contribution in [3.05, 3.63) is 95.3 Å². The summed E-state index contributed by atoms with van der Waals surface area (Å²) in [6.45, 7) is 1.98. The largest absolute Gasteiger partial charge is 0.465 e. The molecule has 1 saturated carbocycles. The Morgan fingerprint density at radius 2 is 1.64 bits per heavy atom. The van der Waals surface area contributed by atoms with Crippen molar-refractivity contribution in [1.82, 2.24) is 10.3 Å². The SMILES string of the molecule is COC(=O)c1ccc(N(C(=O)c2ccccn2)[C@@H](C(=O)NC2CCCCC2)c2ccc(C)cc2)cc1. The van der Waals surface area contributed by atoms with Crippen LogP contribution in [0.15, 0.2) is 72.9 Å². The smallest absolute Gasteiger partial charge is 0.337 e. The zero-order valence-corrected chi connectivity index (χ0v) is 20.6. The Labute approximate surface area is 211 Å². The summed E-state index contributed by atoms with van der Waals surface area (Å²) < 4.78 is 4.81. The number of hydrogen-bond acceptors (Lipinski definition) is 5. The van der Waals surface area contributed by atoms with Crippen molar-refractivity contribution in [3.63, 3.8) is 0 Å². The van der Waals surface area contributed by atoms with Crippen LogP contribution in [0, 0.1) is 6.92 Å². The molecule has 1 atom stereocenters. The van der Waals surface area contributed by atoms with E-state index in [1.807, 2.05) is 31.2 Å². The van der Waals surface area contributed by atoms with Gasteiger partial charge in [0.15, 0.2) is 0 Å². The lowest BCUT2D eigenvalue weighted by Crippen LogP contribution is -2.47. The van der Waals surface area contributed by atoms with Crippen LogP contribution in [0.25, 0.3) is 0 Å². The molecule has 0 spiro atoms. The van der Waals surface area contributed by atoms with E-state index < -0.39 is 17.9 Å². The highest BCUT2D eigenvalue weighted by atomic mass is 16.5. The van der Waals surface area contributed by atoms with Crippen LogP contribution in [0.2, 0.25) is 0 Å². The van der Waals surface area contributed by atoms with Gasteiger partial charge in [0.05, 0.1) is 12.7 Å². The van der Waals surface area contributed by atoms with Crippen LogP contribution in [0.3, 0.4) is 0 Å². The molecular weight excluding hydrogens is 454 g/mol. The van der Waals surface area contributed by atoms with Crippen LogP contribution < -0.4 is 10.2 Å². The summed E-state index contributed by atoms with van der Waals surface area (Å²) in [7, 11) is 1.32. The number of methoxy groups -OCH3 is 1. The highest BCUT2D eigenvalue weighted by Gasteiger charge is 2.35. The maximum Gasteiger partial charge on any atom is 0.337 e. The van der Waals surface area contributed by atoms with Crippen LogP contribution in [-0.2, 0) is 9.53 Å². The van der Waals surface area contributed by atoms with Gasteiger partial charge in [0.1, 0.15) is 11.7 Å². The van der Waals surface area contributed by atoms with E-state index in [2.05, 4.69) is 10.3 Å². The first-order valence-corrected chi connectivity index (χ1v) is 12.3. The predicted octanol–water partition coefficient (Wildman–Crippen LogP) is 5.01. The van der Waals surface area contributed by atoms with Crippen molar-refractivity contribution < 1.29 is 19.1 Å². The third-order valence-corrected chi connectivity index (χ3v) is 6.52. The number of anilines is 1. The molecule has 1 heterocycles. The second-order valence-electron chi connectivity index (χ2n) is 9.09. The van der Waals surface area contributed by atoms with Gasteiger partial charge < -0.3 is 10.1 Å². The van der Waals surface area contributed by atoms with Crippen molar-refractivity contribution in [2.75, 3.05) is 12.0 Å². The fourth-order valence-corrected chi connectivity index (χ4v) is 4.57. The van der Waals surface area contributed by atoms with Crippen molar-refractivity contribution in [2.24, 2.45) is 0 Å². The first-order chi connectivity index (χ1) is 17.5. The van der Waals surface area contributed by atoms with Crippen LogP contribution in [0.1, 0.15) is 70.1 Å². The molecule has 1 aromatic heterocycles. The zero-order chi connectivity index (χ0) is 25.5. The van der Waals surface area contributed by atoms with Gasteiger partial charge in [0, 0.05) is 17.9 Å². The van der Waals surface area contributed by atoms with Gasteiger partial charge in [0.25, 0.3) is 5.91 Å². The van der Waals surface area contributed by atoms with E-state index in [0.29, 0.717) is 16.8 Å². The first-order valence-electron chi connectivity index (χ1n) is 12.3. The Balaban J connectivity index is 1.79. The van der Waals surface area contributed by atoms with Gasteiger partial charge in [-0.15, -0.1) is 0 Å². The second kappa shape index (κ2) is 11.6. The Hall–Kier alpha value is -4.00. The summed E-state index contributed by atoms with van der Waals surface area (Å²) in [5, 5.41) is 3.20. The number of aromatic nitrogens is 1. The van der Waals surface area contributed by atoms with E-state index >= 15 is 0 Å². The highest BCUT2D eigenvalue weighted by Crippen LogP contribution is 2.31. The molecule has 36 heavy (non-hydrogen) atoms. The van der Waals surface area contributed by atoms with Gasteiger partial charge in [-0.25, -0.2) is 4.79 Å². The number of ether oxygens (including phenoxy) is 1. The van der Waals surface area contributed by atoms with E-state index in [0.717, 1.165) is 31.2 Å². The second-order valence-corrected chi connectivity index (χ2v) is 9.09. The fourth-order valence-electron chi connectivity index (χ4n) is 4.57. The number of nitrogens with one attached hydrogen (secondary N) is 1. The van der Waals surface area contributed by atoms with Crippen LogP contribution >= 0.6 is 0 Å². The molecule has 2 amide bonds. The molecule has 1 aliphatic rings. The molecule has 1 fully saturated rings. The predicted molar refractivity (Wildman–Crippen MR) is 138 cm³/mol. The monoisotopic (exact) mass is 485 g/mol. The molecule has 1 aliphatic carbocycles. The van der Waals surface area contributed by atoms with Gasteiger partial charge in [-0.2, -0.15) is 0 Å². The number of esters is 1. The van der Waals surface area contributed by atoms with Gasteiger partial charge in [-0.05, 0) is 61.7 Å². The van der Waals surface area contributed by atoms with Gasteiger partial charge in [-0.1, -0.05) is 55.2 Å². The van der Waals surface area contributed by atoms with E-state index in [9.17, 15) is 14.4 Å². The van der Waals surface area contributed by atoms with Crippen molar-refractivity contribution >= 4 is 23.5 Å². The Morgan fingerprint density at radius 1 is 0.944 bits per heavy atom. The lowest BCUT2D eigenvalue weighted by atomic mass is 9.94. The zero-order valence-electron chi connectivity index (χ0n) is 20.6. The molecule has 0 saturated heterocycles. The average Bonchev–Trinajstić information content (AvgIpc) is 2.92. The lowest BCUT2D eigenvalue weighted by molar-refractivity contribution is -0.123. The summed E-state index contributed by atoms with van der Waals surface area (Å²) in [6.07, 6.45) is 6.72. The normalized spacial score (nSPS) is 14.5. The van der Waals surface area contributed by atoms with Gasteiger partial charge in [-0.3, -0.25) is 19.5 Å². The minimum atomic E-state index is -0.925. The van der Waals surface area contributed by atoms with E-state index in [1.54, 1.807) is 48.7 Å². The summed E-state index contributed by atoms with van der Waals surface area (Å²) >= 11 is 0. The van der Waals surface area contributed by atoms with Crippen LogP contribution in [0.4, 0.5) is 5.69 Å². The van der Waals surface area contributed by atoms with Crippen LogP contribution in [-0.4, -0.2) is 35.9 Å². The molecule has 0 unspecified atom stereocenters. The maximum absolute atomic E-state index is 13.9. The standard InChI is InChI=1S/C29H31N3O4/c1-20-11-13-21(14-12-20)26(27(33)31-23-8-4-3-5-9-23)32(28(34)25-10-6-7-19-30-25)24-17-15-22(16-18-24)29(35)36-2/h6-7,10-19,23,26H,3-5,8-9H2,1-2H3,(H,31,33)/t26-/m1/s1. The van der Waals surface area contributed by atoms with E-state index in [4.69, 9.17) is 4.74 Å². The number of carbonyl (C=O) groups is 3. The number of pyridine rings is 1. The number of aryl methyl sites for hydroxylation is 1. The third-order valence-electron chi connectivity index (χ3n) is 6.52. The summed E-state index contributed by atoms with van der Waals surface area (Å²) in [6, 6.07) is 18.4. The third kappa shape index (κ3) is 5.79. The van der Waals surface area contributed by atoms with Crippen LogP contribution in [0.5, 0.6) is 0 Å². The van der Waals surface area contributed by atoms with E-state index in [1.165, 1.54) is 18.4 Å². The number of rotatable bonds is 7. The molecule has 186 valence electrons. The number of hydrogen-bond donors (Lipinski definition) is 1. The van der Waals surface area contributed by atoms with Crippen molar-refractivity contribution in [3.8, 4) is 0 Å². The molecule has 0 aliphatic heterocycles.